The van der Waals surface area contributed by atoms with E-state index in [1.165, 1.54) is 0 Å². The van der Waals surface area contributed by atoms with E-state index in [0.717, 1.165) is 6.42 Å². The number of Topliss-reactive ketones (excluding diaryl/α,β-unsaturated/α-hetero) is 1. The molecule has 0 saturated carbocycles. The number of hydrogen-bond acceptors (Lipinski definition) is 4. The number of nitrogens with one attached hydrogen (secondary N) is 1. The van der Waals surface area contributed by atoms with E-state index >= 15 is 0 Å². The summed E-state index contributed by atoms with van der Waals surface area (Å²) in [5.41, 5.74) is 7.05. The molecular formula is C17H28N2O2. The van der Waals surface area contributed by atoms with Gasteiger partial charge in [0.25, 0.3) is 0 Å². The third-order valence-corrected chi connectivity index (χ3v) is 3.25. The van der Waals surface area contributed by atoms with Gasteiger partial charge in [0, 0.05) is 11.1 Å². The summed E-state index contributed by atoms with van der Waals surface area (Å²) in [6.07, 6.45) is 0.984. The van der Waals surface area contributed by atoms with Gasteiger partial charge in [0.05, 0.1) is 19.3 Å². The highest BCUT2D eigenvalue weighted by Crippen LogP contribution is 2.27. The maximum Gasteiger partial charge on any atom is 0.176 e. The van der Waals surface area contributed by atoms with Crippen molar-refractivity contribution in [2.45, 2.75) is 46.6 Å². The highest BCUT2D eigenvalue weighted by molar-refractivity contribution is 5.98. The number of methoxy groups -OCH3 is 1. The Balaban J connectivity index is 2.67. The van der Waals surface area contributed by atoms with E-state index in [2.05, 4.69) is 39.9 Å². The van der Waals surface area contributed by atoms with E-state index in [1.807, 2.05) is 0 Å². The van der Waals surface area contributed by atoms with Crippen molar-refractivity contribution >= 4 is 11.5 Å². The molecule has 0 atom stereocenters. The minimum Gasteiger partial charge on any atom is -0.495 e. The van der Waals surface area contributed by atoms with E-state index in [9.17, 15) is 4.79 Å². The molecule has 1 rings (SSSR count). The van der Waals surface area contributed by atoms with Crippen LogP contribution in [-0.4, -0.2) is 25.0 Å². The second-order valence-corrected chi connectivity index (χ2v) is 7.35. The molecule has 1 aromatic carbocycles. The minimum absolute atomic E-state index is 0.0336. The van der Waals surface area contributed by atoms with Crippen molar-refractivity contribution < 1.29 is 9.53 Å². The van der Waals surface area contributed by atoms with E-state index in [0.29, 0.717) is 23.5 Å². The van der Waals surface area contributed by atoms with Crippen LogP contribution in [0.1, 0.15) is 51.4 Å². The second-order valence-electron chi connectivity index (χ2n) is 7.35. The SMILES string of the molecule is COc1ccc(C(=O)CNC(C)(C)CC(C)(C)C)cc1N. The Bertz CT molecular complexity index is 502. The highest BCUT2D eigenvalue weighted by Gasteiger charge is 2.25. The van der Waals surface area contributed by atoms with E-state index in [4.69, 9.17) is 10.5 Å². The van der Waals surface area contributed by atoms with Gasteiger partial charge >= 0.3 is 0 Å². The summed E-state index contributed by atoms with van der Waals surface area (Å²) >= 11 is 0. The van der Waals surface area contributed by atoms with E-state index in [1.54, 1.807) is 25.3 Å². The number of carbonyl (C=O) groups is 1. The number of nitrogen functional groups attached to an aromatic ring is 1. The summed E-state index contributed by atoms with van der Waals surface area (Å²) in [7, 11) is 1.56. The Morgan fingerprint density at radius 2 is 1.86 bits per heavy atom. The molecular weight excluding hydrogens is 264 g/mol. The monoisotopic (exact) mass is 292 g/mol. The van der Waals surface area contributed by atoms with Crippen molar-refractivity contribution in [3.05, 3.63) is 23.8 Å². The van der Waals surface area contributed by atoms with Crippen LogP contribution in [0.2, 0.25) is 0 Å². The molecule has 0 fully saturated rings. The van der Waals surface area contributed by atoms with E-state index < -0.39 is 0 Å². The van der Waals surface area contributed by atoms with Crippen LogP contribution in [0.4, 0.5) is 5.69 Å². The first-order valence-corrected chi connectivity index (χ1v) is 7.26. The second kappa shape index (κ2) is 6.48. The van der Waals surface area contributed by atoms with Gasteiger partial charge < -0.3 is 15.8 Å². The smallest absolute Gasteiger partial charge is 0.176 e. The zero-order valence-corrected chi connectivity index (χ0v) is 14.0. The van der Waals surface area contributed by atoms with Crippen molar-refractivity contribution in [3.8, 4) is 5.75 Å². The van der Waals surface area contributed by atoms with Crippen LogP contribution in [0, 0.1) is 5.41 Å². The van der Waals surface area contributed by atoms with Crippen LogP contribution in [-0.2, 0) is 0 Å². The molecule has 0 bridgehead atoms. The average Bonchev–Trinajstić information content (AvgIpc) is 2.33. The Morgan fingerprint density at radius 3 is 2.33 bits per heavy atom. The molecule has 0 spiro atoms. The summed E-state index contributed by atoms with van der Waals surface area (Å²) in [6.45, 7) is 11.1. The summed E-state index contributed by atoms with van der Waals surface area (Å²) in [6, 6.07) is 5.14. The molecule has 0 radical (unpaired) electrons. The fourth-order valence-electron chi connectivity index (χ4n) is 2.72. The summed E-state index contributed by atoms with van der Waals surface area (Å²) in [4.78, 5) is 12.2. The van der Waals surface area contributed by atoms with E-state index in [-0.39, 0.29) is 16.7 Å². The van der Waals surface area contributed by atoms with Gasteiger partial charge in [0.15, 0.2) is 5.78 Å². The van der Waals surface area contributed by atoms with Crippen LogP contribution in [0.5, 0.6) is 5.75 Å². The normalized spacial score (nSPS) is 12.3. The first-order valence-electron chi connectivity index (χ1n) is 7.26. The lowest BCUT2D eigenvalue weighted by molar-refractivity contribution is 0.0973. The van der Waals surface area contributed by atoms with Gasteiger partial charge in [0.1, 0.15) is 5.75 Å². The molecule has 0 unspecified atom stereocenters. The van der Waals surface area contributed by atoms with Crippen LogP contribution in [0.3, 0.4) is 0 Å². The Labute approximate surface area is 128 Å². The first-order chi connectivity index (χ1) is 9.54. The predicted molar refractivity (Wildman–Crippen MR) is 87.9 cm³/mol. The Kier molecular flexibility index (Phi) is 5.40. The Hall–Kier alpha value is -1.55. The molecule has 0 aliphatic heterocycles. The lowest BCUT2D eigenvalue weighted by Crippen LogP contribution is -2.44. The molecule has 0 heterocycles. The zero-order valence-electron chi connectivity index (χ0n) is 14.0. The number of carbonyl (C=O) groups excluding carboxylic acids is 1. The van der Waals surface area contributed by atoms with Crippen molar-refractivity contribution in [2.75, 3.05) is 19.4 Å². The third-order valence-electron chi connectivity index (χ3n) is 3.25. The maximum absolute atomic E-state index is 12.2. The molecule has 0 amide bonds. The topological polar surface area (TPSA) is 64.3 Å². The summed E-state index contributed by atoms with van der Waals surface area (Å²) in [5.74, 6) is 0.624. The summed E-state index contributed by atoms with van der Waals surface area (Å²) in [5, 5.41) is 3.34. The molecule has 4 nitrogen and oxygen atoms in total. The molecule has 0 aliphatic rings. The number of hydrogen-bond donors (Lipinski definition) is 2. The molecule has 0 saturated heterocycles. The van der Waals surface area contributed by atoms with Crippen LogP contribution < -0.4 is 15.8 Å². The molecule has 21 heavy (non-hydrogen) atoms. The molecule has 4 heteroatoms. The first kappa shape index (κ1) is 17.5. The predicted octanol–water partition coefficient (Wildman–Crippen LogP) is 3.26. The third kappa shape index (κ3) is 5.76. The van der Waals surface area contributed by atoms with Crippen LogP contribution in [0.15, 0.2) is 18.2 Å². The fraction of sp³-hybridized carbons (Fsp3) is 0.588. The van der Waals surface area contributed by atoms with Gasteiger partial charge in [-0.2, -0.15) is 0 Å². The van der Waals surface area contributed by atoms with Crippen LogP contribution in [0.25, 0.3) is 0 Å². The molecule has 3 N–H and O–H groups in total. The molecule has 0 aromatic heterocycles. The number of nitrogens with two attached hydrogens (primary N) is 1. The van der Waals surface area contributed by atoms with Crippen molar-refractivity contribution in [1.29, 1.82) is 0 Å². The van der Waals surface area contributed by atoms with Crippen molar-refractivity contribution in [3.63, 3.8) is 0 Å². The molecule has 0 aliphatic carbocycles. The summed E-state index contributed by atoms with van der Waals surface area (Å²) < 4.78 is 5.10. The Morgan fingerprint density at radius 1 is 1.24 bits per heavy atom. The van der Waals surface area contributed by atoms with Gasteiger partial charge in [-0.1, -0.05) is 20.8 Å². The quantitative estimate of drug-likeness (QED) is 0.624. The maximum atomic E-state index is 12.2. The minimum atomic E-state index is -0.0913. The van der Waals surface area contributed by atoms with Gasteiger partial charge in [0.2, 0.25) is 0 Å². The van der Waals surface area contributed by atoms with Gasteiger partial charge in [-0.05, 0) is 43.9 Å². The number of ether oxygens (including phenoxy) is 1. The van der Waals surface area contributed by atoms with Crippen molar-refractivity contribution in [1.82, 2.24) is 5.32 Å². The molecule has 1 aromatic rings. The lowest BCUT2D eigenvalue weighted by atomic mass is 9.82. The van der Waals surface area contributed by atoms with Crippen LogP contribution >= 0.6 is 0 Å². The number of benzene rings is 1. The zero-order chi connectivity index (χ0) is 16.3. The number of rotatable bonds is 6. The van der Waals surface area contributed by atoms with Crippen molar-refractivity contribution in [2.24, 2.45) is 5.41 Å². The fourth-order valence-corrected chi connectivity index (χ4v) is 2.72. The van der Waals surface area contributed by atoms with Gasteiger partial charge in [-0.15, -0.1) is 0 Å². The number of ketones is 1. The van der Waals surface area contributed by atoms with Gasteiger partial charge in [-0.25, -0.2) is 0 Å². The molecule has 118 valence electrons. The lowest BCUT2D eigenvalue weighted by Gasteiger charge is -2.33. The standard InChI is InChI=1S/C17H28N2O2/c1-16(2,3)11-17(4,5)19-10-14(20)12-7-8-15(21-6)13(18)9-12/h7-9,19H,10-11,18H2,1-6H3. The average molecular weight is 292 g/mol. The largest absolute Gasteiger partial charge is 0.495 e. The highest BCUT2D eigenvalue weighted by atomic mass is 16.5. The number of anilines is 1. The van der Waals surface area contributed by atoms with Gasteiger partial charge in [-0.3, -0.25) is 4.79 Å².